The quantitative estimate of drug-likeness (QED) is 0.576. The van der Waals surface area contributed by atoms with E-state index in [0.717, 1.165) is 19.3 Å². The van der Waals surface area contributed by atoms with Gasteiger partial charge in [0.2, 0.25) is 0 Å². The van der Waals surface area contributed by atoms with Crippen molar-refractivity contribution in [1.29, 1.82) is 0 Å². The predicted molar refractivity (Wildman–Crippen MR) is 55.2 cm³/mol. The van der Waals surface area contributed by atoms with Crippen LogP contribution in [0.3, 0.4) is 0 Å². The van der Waals surface area contributed by atoms with Crippen molar-refractivity contribution < 1.29 is 10.1 Å². The highest BCUT2D eigenvalue weighted by molar-refractivity contribution is 5.21. The molecule has 0 heterocycles. The molecule has 2 rings (SSSR count). The third kappa shape index (κ3) is 1.97. The first kappa shape index (κ1) is 9.69. The molecule has 0 aliphatic heterocycles. The Bertz CT molecular complexity index is 271. The highest BCUT2D eigenvalue weighted by Gasteiger charge is 2.27. The fourth-order valence-corrected chi connectivity index (χ4v) is 2.30. The summed E-state index contributed by atoms with van der Waals surface area (Å²) in [5, 5.41) is 8.82. The van der Waals surface area contributed by atoms with Crippen molar-refractivity contribution in [3.63, 3.8) is 0 Å². The lowest BCUT2D eigenvalue weighted by Gasteiger charge is -2.29. The molecule has 0 aromatic heterocycles. The molecule has 2 nitrogen and oxygen atoms in total. The van der Waals surface area contributed by atoms with Crippen molar-refractivity contribution in [1.82, 2.24) is 0 Å². The largest absolute Gasteiger partial charge is 0.252 e. The molecule has 0 amide bonds. The Morgan fingerprint density at radius 2 is 1.79 bits per heavy atom. The molecule has 0 saturated heterocycles. The van der Waals surface area contributed by atoms with E-state index in [0.29, 0.717) is 5.92 Å². The fourth-order valence-electron chi connectivity index (χ4n) is 2.30. The van der Waals surface area contributed by atoms with Crippen LogP contribution in [0.5, 0.6) is 0 Å². The summed E-state index contributed by atoms with van der Waals surface area (Å²) in [6, 6.07) is 10.3. The molecule has 1 fully saturated rings. The molecule has 2 heteroatoms. The van der Waals surface area contributed by atoms with Crippen molar-refractivity contribution in [2.45, 2.75) is 37.7 Å². The monoisotopic (exact) mass is 192 g/mol. The Labute approximate surface area is 84.5 Å². The Morgan fingerprint density at radius 1 is 1.07 bits per heavy atom. The third-order valence-corrected chi connectivity index (χ3v) is 3.07. The molecule has 0 unspecified atom stereocenters. The minimum atomic E-state index is -0.00819. The summed E-state index contributed by atoms with van der Waals surface area (Å²) >= 11 is 0. The van der Waals surface area contributed by atoms with Crippen LogP contribution in [0.4, 0.5) is 0 Å². The average Bonchev–Trinajstić information content (AvgIpc) is 2.30. The lowest BCUT2D eigenvalue weighted by atomic mass is 9.82. The standard InChI is InChI=1S/C12H16O2/c13-14-12-9-5-4-8-11(12)10-6-2-1-3-7-10/h1-3,6-7,11-13H,4-5,8-9H2/t11-,12+/m1/s1. The van der Waals surface area contributed by atoms with Crippen LogP contribution in [0.1, 0.15) is 37.2 Å². The molecule has 0 spiro atoms. The van der Waals surface area contributed by atoms with Gasteiger partial charge in [-0.05, 0) is 18.4 Å². The summed E-state index contributed by atoms with van der Waals surface area (Å²) in [5.41, 5.74) is 1.28. The maximum absolute atomic E-state index is 8.82. The van der Waals surface area contributed by atoms with E-state index in [2.05, 4.69) is 17.0 Å². The van der Waals surface area contributed by atoms with E-state index in [-0.39, 0.29) is 6.10 Å². The smallest absolute Gasteiger partial charge is 0.0995 e. The van der Waals surface area contributed by atoms with E-state index in [4.69, 9.17) is 5.26 Å². The summed E-state index contributed by atoms with van der Waals surface area (Å²) in [4.78, 5) is 4.56. The number of hydrogen-bond donors (Lipinski definition) is 1. The first-order valence-electron chi connectivity index (χ1n) is 5.27. The van der Waals surface area contributed by atoms with Gasteiger partial charge in [0.1, 0.15) is 0 Å². The molecule has 0 bridgehead atoms. The van der Waals surface area contributed by atoms with Gasteiger partial charge in [0.15, 0.2) is 0 Å². The Balaban J connectivity index is 2.15. The third-order valence-electron chi connectivity index (χ3n) is 3.07. The average molecular weight is 192 g/mol. The molecule has 76 valence electrons. The van der Waals surface area contributed by atoms with Gasteiger partial charge in [-0.2, -0.15) is 0 Å². The minimum absolute atomic E-state index is 0.00819. The molecular formula is C12H16O2. The minimum Gasteiger partial charge on any atom is -0.252 e. The van der Waals surface area contributed by atoms with Crippen molar-refractivity contribution in [2.75, 3.05) is 0 Å². The normalized spacial score (nSPS) is 27.5. The molecule has 1 N–H and O–H groups in total. The van der Waals surface area contributed by atoms with Gasteiger partial charge in [0.05, 0.1) is 6.10 Å². The maximum atomic E-state index is 8.82. The van der Waals surface area contributed by atoms with Crippen LogP contribution in [0.25, 0.3) is 0 Å². The molecule has 0 radical (unpaired) electrons. The molecule has 1 aliphatic carbocycles. The van der Waals surface area contributed by atoms with Crippen molar-refractivity contribution in [2.24, 2.45) is 0 Å². The number of hydrogen-bond acceptors (Lipinski definition) is 2. The molecule has 1 saturated carbocycles. The maximum Gasteiger partial charge on any atom is 0.0995 e. The first-order chi connectivity index (χ1) is 6.92. The second-order valence-corrected chi connectivity index (χ2v) is 3.95. The fraction of sp³-hybridized carbons (Fsp3) is 0.500. The highest BCUT2D eigenvalue weighted by Crippen LogP contribution is 2.34. The van der Waals surface area contributed by atoms with E-state index < -0.39 is 0 Å². The molecule has 1 aromatic carbocycles. The summed E-state index contributed by atoms with van der Waals surface area (Å²) in [6.45, 7) is 0. The van der Waals surface area contributed by atoms with E-state index >= 15 is 0 Å². The van der Waals surface area contributed by atoms with Crippen molar-refractivity contribution in [3.05, 3.63) is 35.9 Å². The predicted octanol–water partition coefficient (Wildman–Crippen LogP) is 3.20. The topological polar surface area (TPSA) is 29.5 Å². The highest BCUT2D eigenvalue weighted by atomic mass is 17.1. The van der Waals surface area contributed by atoms with Crippen LogP contribution in [-0.4, -0.2) is 11.4 Å². The summed E-state index contributed by atoms with van der Waals surface area (Å²) in [5.74, 6) is 0.370. The number of benzene rings is 1. The van der Waals surface area contributed by atoms with Crippen LogP contribution < -0.4 is 0 Å². The molecular weight excluding hydrogens is 176 g/mol. The van der Waals surface area contributed by atoms with E-state index in [1.54, 1.807) is 0 Å². The number of rotatable bonds is 2. The van der Waals surface area contributed by atoms with Crippen LogP contribution in [0.15, 0.2) is 30.3 Å². The van der Waals surface area contributed by atoms with Gasteiger partial charge in [-0.3, -0.25) is 5.26 Å². The first-order valence-corrected chi connectivity index (χ1v) is 5.27. The summed E-state index contributed by atoms with van der Waals surface area (Å²) < 4.78 is 0. The van der Waals surface area contributed by atoms with E-state index in [9.17, 15) is 0 Å². The molecule has 1 aliphatic rings. The van der Waals surface area contributed by atoms with Crippen LogP contribution >= 0.6 is 0 Å². The van der Waals surface area contributed by atoms with Gasteiger partial charge in [0, 0.05) is 5.92 Å². The Morgan fingerprint density at radius 3 is 2.50 bits per heavy atom. The SMILES string of the molecule is OO[C@H]1CCCC[C@@H]1c1ccccc1. The van der Waals surface area contributed by atoms with Gasteiger partial charge in [-0.1, -0.05) is 43.2 Å². The second-order valence-electron chi connectivity index (χ2n) is 3.95. The molecule has 1 aromatic rings. The lowest BCUT2D eigenvalue weighted by Crippen LogP contribution is -2.24. The van der Waals surface area contributed by atoms with Gasteiger partial charge in [-0.25, -0.2) is 4.89 Å². The van der Waals surface area contributed by atoms with Crippen LogP contribution in [-0.2, 0) is 4.89 Å². The summed E-state index contributed by atoms with van der Waals surface area (Å²) in [7, 11) is 0. The van der Waals surface area contributed by atoms with Gasteiger partial charge in [-0.15, -0.1) is 0 Å². The molecule has 2 atom stereocenters. The zero-order chi connectivity index (χ0) is 9.80. The Kier molecular flexibility index (Phi) is 3.17. The zero-order valence-electron chi connectivity index (χ0n) is 8.23. The summed E-state index contributed by atoms with van der Waals surface area (Å²) in [6.07, 6.45) is 4.48. The molecule has 14 heavy (non-hydrogen) atoms. The van der Waals surface area contributed by atoms with Gasteiger partial charge < -0.3 is 0 Å². The van der Waals surface area contributed by atoms with E-state index in [1.807, 2.05) is 18.2 Å². The van der Waals surface area contributed by atoms with Gasteiger partial charge >= 0.3 is 0 Å². The zero-order valence-corrected chi connectivity index (χ0v) is 8.23. The van der Waals surface area contributed by atoms with E-state index in [1.165, 1.54) is 12.0 Å². The van der Waals surface area contributed by atoms with Crippen molar-refractivity contribution >= 4 is 0 Å². The van der Waals surface area contributed by atoms with Crippen LogP contribution in [0, 0.1) is 0 Å². The Hall–Kier alpha value is -0.860. The second kappa shape index (κ2) is 4.58. The van der Waals surface area contributed by atoms with Crippen LogP contribution in [0.2, 0.25) is 0 Å². The lowest BCUT2D eigenvalue weighted by molar-refractivity contribution is -0.288. The van der Waals surface area contributed by atoms with Gasteiger partial charge in [0.25, 0.3) is 0 Å². The van der Waals surface area contributed by atoms with Crippen molar-refractivity contribution in [3.8, 4) is 0 Å².